The van der Waals surface area contributed by atoms with Crippen molar-refractivity contribution in [2.45, 2.75) is 6.92 Å². The molecule has 1 aromatic carbocycles. The molecule has 0 radical (unpaired) electrons. The van der Waals surface area contributed by atoms with E-state index in [1.807, 2.05) is 0 Å². The summed E-state index contributed by atoms with van der Waals surface area (Å²) in [7, 11) is 0. The monoisotopic (exact) mass is 256 g/mol. The number of rotatable bonds is 1. The number of aromatic carboxylic acids is 1. The van der Waals surface area contributed by atoms with Gasteiger partial charge in [-0.15, -0.1) is 0 Å². The molecule has 16 heavy (non-hydrogen) atoms. The van der Waals surface area contributed by atoms with Crippen molar-refractivity contribution in [2.75, 3.05) is 0 Å². The Morgan fingerprint density at radius 2 is 1.88 bits per heavy atom. The van der Waals surface area contributed by atoms with Crippen molar-refractivity contribution in [1.82, 2.24) is 9.97 Å². The SMILES string of the molecule is Cc1c(C(=O)O)ccc2nc(Cl)c(Cl)nc12. The van der Waals surface area contributed by atoms with Crippen molar-refractivity contribution in [2.24, 2.45) is 0 Å². The third kappa shape index (κ3) is 1.70. The van der Waals surface area contributed by atoms with Crippen LogP contribution in [0.15, 0.2) is 12.1 Å². The molecule has 0 aliphatic rings. The lowest BCUT2D eigenvalue weighted by atomic mass is 10.1. The molecule has 0 spiro atoms. The number of aryl methyl sites for hydroxylation is 1. The normalized spacial score (nSPS) is 10.7. The Morgan fingerprint density at radius 1 is 1.25 bits per heavy atom. The van der Waals surface area contributed by atoms with Gasteiger partial charge in [0.1, 0.15) is 0 Å². The Bertz CT molecular complexity index is 599. The number of aromatic nitrogens is 2. The van der Waals surface area contributed by atoms with Crippen LogP contribution in [0.4, 0.5) is 0 Å². The van der Waals surface area contributed by atoms with E-state index in [0.717, 1.165) is 0 Å². The van der Waals surface area contributed by atoms with Crippen LogP contribution in [0, 0.1) is 6.92 Å². The van der Waals surface area contributed by atoms with Crippen molar-refractivity contribution >= 4 is 40.2 Å². The van der Waals surface area contributed by atoms with E-state index in [2.05, 4.69) is 9.97 Å². The highest BCUT2D eigenvalue weighted by atomic mass is 35.5. The molecule has 0 aliphatic carbocycles. The van der Waals surface area contributed by atoms with E-state index >= 15 is 0 Å². The quantitative estimate of drug-likeness (QED) is 0.852. The number of carboxylic acids is 1. The fourth-order valence-electron chi connectivity index (χ4n) is 1.45. The fraction of sp³-hybridized carbons (Fsp3) is 0.100. The van der Waals surface area contributed by atoms with Gasteiger partial charge >= 0.3 is 5.97 Å². The van der Waals surface area contributed by atoms with E-state index < -0.39 is 5.97 Å². The second-order valence-electron chi connectivity index (χ2n) is 3.22. The van der Waals surface area contributed by atoms with E-state index in [-0.39, 0.29) is 15.9 Å². The molecule has 4 nitrogen and oxygen atoms in total. The van der Waals surface area contributed by atoms with Gasteiger partial charge < -0.3 is 5.11 Å². The highest BCUT2D eigenvalue weighted by Crippen LogP contribution is 2.24. The highest BCUT2D eigenvalue weighted by molar-refractivity contribution is 6.40. The minimum absolute atomic E-state index is 0.0693. The maximum absolute atomic E-state index is 10.9. The number of carbonyl (C=O) groups is 1. The van der Waals surface area contributed by atoms with Gasteiger partial charge in [0.15, 0.2) is 10.3 Å². The van der Waals surface area contributed by atoms with Gasteiger partial charge in [-0.3, -0.25) is 0 Å². The second-order valence-corrected chi connectivity index (χ2v) is 3.93. The molecule has 2 rings (SSSR count). The summed E-state index contributed by atoms with van der Waals surface area (Å²) in [5.41, 5.74) is 1.68. The van der Waals surface area contributed by atoms with Gasteiger partial charge in [0.05, 0.1) is 16.6 Å². The molecular weight excluding hydrogens is 251 g/mol. The van der Waals surface area contributed by atoms with E-state index in [1.54, 1.807) is 13.0 Å². The third-order valence-corrected chi connectivity index (χ3v) is 2.86. The van der Waals surface area contributed by atoms with Crippen molar-refractivity contribution in [3.8, 4) is 0 Å². The molecule has 0 fully saturated rings. The molecule has 1 heterocycles. The summed E-state index contributed by atoms with van der Waals surface area (Å²) in [6.45, 7) is 1.66. The van der Waals surface area contributed by atoms with E-state index in [4.69, 9.17) is 28.3 Å². The molecule has 0 atom stereocenters. The number of hydrogen-bond donors (Lipinski definition) is 1. The Labute approximate surface area is 101 Å². The van der Waals surface area contributed by atoms with Crippen LogP contribution in [-0.2, 0) is 0 Å². The van der Waals surface area contributed by atoms with Gasteiger partial charge in [-0.2, -0.15) is 0 Å². The predicted octanol–water partition coefficient (Wildman–Crippen LogP) is 2.94. The molecule has 0 saturated carbocycles. The first-order valence-electron chi connectivity index (χ1n) is 4.36. The lowest BCUT2D eigenvalue weighted by Gasteiger charge is -2.05. The van der Waals surface area contributed by atoms with Crippen LogP contribution < -0.4 is 0 Å². The summed E-state index contributed by atoms with van der Waals surface area (Å²) in [6.07, 6.45) is 0. The number of fused-ring (bicyclic) bond motifs is 1. The first-order chi connectivity index (χ1) is 7.50. The van der Waals surface area contributed by atoms with E-state index in [9.17, 15) is 4.79 Å². The largest absolute Gasteiger partial charge is 0.478 e. The molecule has 1 aromatic heterocycles. The van der Waals surface area contributed by atoms with Gasteiger partial charge in [0.2, 0.25) is 0 Å². The zero-order valence-corrected chi connectivity index (χ0v) is 9.67. The molecule has 1 N–H and O–H groups in total. The van der Waals surface area contributed by atoms with Gasteiger partial charge in [0, 0.05) is 0 Å². The molecule has 2 aromatic rings. The van der Waals surface area contributed by atoms with E-state index in [0.29, 0.717) is 16.6 Å². The summed E-state index contributed by atoms with van der Waals surface area (Å²) < 4.78 is 0. The van der Waals surface area contributed by atoms with Crippen LogP contribution in [-0.4, -0.2) is 21.0 Å². The topological polar surface area (TPSA) is 63.1 Å². The minimum Gasteiger partial charge on any atom is -0.478 e. The lowest BCUT2D eigenvalue weighted by Crippen LogP contribution is -2.01. The Balaban J connectivity index is 2.84. The molecule has 0 saturated heterocycles. The third-order valence-electron chi connectivity index (χ3n) is 2.24. The Hall–Kier alpha value is -1.39. The standard InChI is InChI=1S/C10H6Cl2N2O2/c1-4-5(10(15)16)2-3-6-7(4)14-9(12)8(11)13-6/h2-3H,1H3,(H,15,16). The van der Waals surface area contributed by atoms with Gasteiger partial charge in [-0.1, -0.05) is 23.2 Å². The van der Waals surface area contributed by atoms with Crippen molar-refractivity contribution in [1.29, 1.82) is 0 Å². The number of hydrogen-bond acceptors (Lipinski definition) is 3. The Morgan fingerprint density at radius 3 is 2.50 bits per heavy atom. The van der Waals surface area contributed by atoms with Crippen molar-refractivity contribution in [3.05, 3.63) is 33.6 Å². The minimum atomic E-state index is -1.01. The van der Waals surface area contributed by atoms with Crippen LogP contribution in [0.5, 0.6) is 0 Å². The molecule has 82 valence electrons. The molecule has 6 heteroatoms. The van der Waals surface area contributed by atoms with Gasteiger partial charge in [0.25, 0.3) is 0 Å². The van der Waals surface area contributed by atoms with Crippen LogP contribution in [0.1, 0.15) is 15.9 Å². The second kappa shape index (κ2) is 3.88. The molecule has 0 unspecified atom stereocenters. The average molecular weight is 257 g/mol. The molecule has 0 bridgehead atoms. The van der Waals surface area contributed by atoms with Gasteiger partial charge in [-0.25, -0.2) is 14.8 Å². The zero-order chi connectivity index (χ0) is 11.9. The first-order valence-corrected chi connectivity index (χ1v) is 5.12. The number of benzene rings is 1. The molecule has 0 aliphatic heterocycles. The molecule has 0 amide bonds. The number of halogens is 2. The fourth-order valence-corrected chi connectivity index (χ4v) is 1.71. The van der Waals surface area contributed by atoms with Crippen LogP contribution >= 0.6 is 23.2 Å². The molecular formula is C10H6Cl2N2O2. The zero-order valence-electron chi connectivity index (χ0n) is 8.16. The van der Waals surface area contributed by atoms with Crippen molar-refractivity contribution < 1.29 is 9.90 Å². The maximum atomic E-state index is 10.9. The highest BCUT2D eigenvalue weighted by Gasteiger charge is 2.13. The summed E-state index contributed by atoms with van der Waals surface area (Å²) in [5, 5.41) is 9.12. The smallest absolute Gasteiger partial charge is 0.336 e. The summed E-state index contributed by atoms with van der Waals surface area (Å²) in [6, 6.07) is 3.03. The number of nitrogens with zero attached hydrogens (tertiary/aromatic N) is 2. The predicted molar refractivity (Wildman–Crippen MR) is 61.3 cm³/mol. The average Bonchev–Trinajstić information content (AvgIpc) is 2.21. The van der Waals surface area contributed by atoms with Crippen LogP contribution in [0.3, 0.4) is 0 Å². The number of carboxylic acid groups (broad SMARTS) is 1. The van der Waals surface area contributed by atoms with Gasteiger partial charge in [-0.05, 0) is 24.6 Å². The van der Waals surface area contributed by atoms with Crippen molar-refractivity contribution in [3.63, 3.8) is 0 Å². The maximum Gasteiger partial charge on any atom is 0.336 e. The lowest BCUT2D eigenvalue weighted by molar-refractivity contribution is 0.0696. The summed E-state index contributed by atoms with van der Waals surface area (Å²) in [4.78, 5) is 19.0. The first kappa shape index (κ1) is 11.1. The van der Waals surface area contributed by atoms with Crippen LogP contribution in [0.2, 0.25) is 10.3 Å². The van der Waals surface area contributed by atoms with E-state index in [1.165, 1.54) is 6.07 Å². The summed E-state index contributed by atoms with van der Waals surface area (Å²) in [5.74, 6) is -1.01. The van der Waals surface area contributed by atoms with Crippen LogP contribution in [0.25, 0.3) is 11.0 Å². The summed E-state index contributed by atoms with van der Waals surface area (Å²) >= 11 is 11.5. The Kier molecular flexibility index (Phi) is 2.69.